The summed E-state index contributed by atoms with van der Waals surface area (Å²) in [5.41, 5.74) is 0.791. The van der Waals surface area contributed by atoms with E-state index < -0.39 is 0 Å². The van der Waals surface area contributed by atoms with Crippen LogP contribution in [0.5, 0.6) is 0 Å². The monoisotopic (exact) mass is 424 g/mol. The Balaban J connectivity index is 1.80. The predicted octanol–water partition coefficient (Wildman–Crippen LogP) is 4.33. The van der Waals surface area contributed by atoms with E-state index in [0.29, 0.717) is 44.4 Å². The Bertz CT molecular complexity index is 1360. The van der Waals surface area contributed by atoms with Gasteiger partial charge in [-0.3, -0.25) is 14.2 Å². The van der Waals surface area contributed by atoms with Crippen molar-refractivity contribution in [3.05, 3.63) is 86.7 Å². The minimum atomic E-state index is -0.244. The third-order valence-corrected chi connectivity index (χ3v) is 5.83. The van der Waals surface area contributed by atoms with Gasteiger partial charge in [0, 0.05) is 11.6 Å². The number of H-pyrrole nitrogens is 1. The van der Waals surface area contributed by atoms with Crippen LogP contribution in [0.25, 0.3) is 21.8 Å². The number of rotatable bonds is 5. The van der Waals surface area contributed by atoms with Crippen LogP contribution in [0.1, 0.15) is 18.0 Å². The van der Waals surface area contributed by atoms with Crippen LogP contribution in [-0.2, 0) is 6.54 Å². The molecule has 0 spiro atoms. The summed E-state index contributed by atoms with van der Waals surface area (Å²) in [4.78, 5) is 37.4. The number of halogens is 1. The van der Waals surface area contributed by atoms with Crippen LogP contribution in [0.4, 0.5) is 0 Å². The van der Waals surface area contributed by atoms with Gasteiger partial charge in [0.2, 0.25) is 0 Å². The number of nitrogens with zero attached hydrogens (tertiary/aromatic N) is 3. The zero-order valence-corrected chi connectivity index (χ0v) is 17.1. The molecular formula is C21H17ClN4O2S. The van der Waals surface area contributed by atoms with Gasteiger partial charge in [0.1, 0.15) is 5.82 Å². The molecule has 8 heteroatoms. The number of thioether (sulfide) groups is 1. The molecule has 1 atom stereocenters. The van der Waals surface area contributed by atoms with Gasteiger partial charge in [-0.1, -0.05) is 41.6 Å². The number of aromatic amines is 1. The molecule has 0 aliphatic carbocycles. The SMILES string of the molecule is C=CCn1c(SC(C)c2nc3ccccc3c(=O)[nH]2)nc2cc(Cl)ccc2c1=O. The van der Waals surface area contributed by atoms with E-state index in [1.165, 1.54) is 11.8 Å². The van der Waals surface area contributed by atoms with Crippen molar-refractivity contribution in [1.82, 2.24) is 19.5 Å². The second kappa shape index (κ2) is 7.85. The first-order chi connectivity index (χ1) is 14.0. The zero-order chi connectivity index (χ0) is 20.5. The van der Waals surface area contributed by atoms with E-state index in [9.17, 15) is 9.59 Å². The summed E-state index contributed by atoms with van der Waals surface area (Å²) in [6.45, 7) is 5.97. The predicted molar refractivity (Wildman–Crippen MR) is 118 cm³/mol. The Morgan fingerprint density at radius 3 is 2.76 bits per heavy atom. The summed E-state index contributed by atoms with van der Waals surface area (Å²) in [5, 5.41) is 1.80. The molecule has 146 valence electrons. The van der Waals surface area contributed by atoms with Gasteiger partial charge in [-0.25, -0.2) is 9.97 Å². The molecule has 4 rings (SSSR count). The van der Waals surface area contributed by atoms with Crippen molar-refractivity contribution in [2.24, 2.45) is 0 Å². The van der Waals surface area contributed by atoms with Crippen LogP contribution in [-0.4, -0.2) is 19.5 Å². The van der Waals surface area contributed by atoms with Gasteiger partial charge < -0.3 is 4.98 Å². The van der Waals surface area contributed by atoms with Crippen LogP contribution in [0.2, 0.25) is 5.02 Å². The molecule has 0 aliphatic heterocycles. The molecule has 0 aliphatic rings. The minimum Gasteiger partial charge on any atom is -0.309 e. The smallest absolute Gasteiger partial charge is 0.262 e. The molecule has 0 saturated heterocycles. The number of fused-ring (bicyclic) bond motifs is 2. The number of allylic oxidation sites excluding steroid dienone is 1. The molecule has 29 heavy (non-hydrogen) atoms. The highest BCUT2D eigenvalue weighted by Crippen LogP contribution is 2.32. The van der Waals surface area contributed by atoms with E-state index in [1.54, 1.807) is 47.0 Å². The largest absolute Gasteiger partial charge is 0.309 e. The van der Waals surface area contributed by atoms with E-state index in [-0.39, 0.29) is 16.4 Å². The Labute approximate surface area is 175 Å². The first-order valence-electron chi connectivity index (χ1n) is 8.94. The maximum atomic E-state index is 12.9. The highest BCUT2D eigenvalue weighted by molar-refractivity contribution is 7.99. The van der Waals surface area contributed by atoms with Gasteiger partial charge >= 0.3 is 0 Å². The van der Waals surface area contributed by atoms with Gasteiger partial charge in [-0.05, 0) is 37.3 Å². The summed E-state index contributed by atoms with van der Waals surface area (Å²) >= 11 is 7.42. The van der Waals surface area contributed by atoms with E-state index in [2.05, 4.69) is 21.5 Å². The maximum absolute atomic E-state index is 12.9. The van der Waals surface area contributed by atoms with Gasteiger partial charge in [0.05, 0.1) is 27.1 Å². The topological polar surface area (TPSA) is 80.6 Å². The second-order valence-corrected chi connectivity index (χ2v) is 8.23. The molecule has 0 saturated carbocycles. The van der Waals surface area contributed by atoms with Crippen molar-refractivity contribution in [3.63, 3.8) is 0 Å². The summed E-state index contributed by atoms with van der Waals surface area (Å²) in [6.07, 6.45) is 1.65. The van der Waals surface area contributed by atoms with E-state index in [1.807, 2.05) is 13.0 Å². The average molecular weight is 425 g/mol. The molecule has 2 heterocycles. The maximum Gasteiger partial charge on any atom is 0.262 e. The van der Waals surface area contributed by atoms with Crippen molar-refractivity contribution in [3.8, 4) is 0 Å². The molecule has 6 nitrogen and oxygen atoms in total. The third-order valence-electron chi connectivity index (χ3n) is 4.49. The minimum absolute atomic E-state index is 0.166. The first-order valence-corrected chi connectivity index (χ1v) is 10.2. The lowest BCUT2D eigenvalue weighted by Gasteiger charge is -2.15. The molecule has 0 bridgehead atoms. The van der Waals surface area contributed by atoms with Crippen molar-refractivity contribution in [2.45, 2.75) is 23.9 Å². The fourth-order valence-electron chi connectivity index (χ4n) is 3.06. The van der Waals surface area contributed by atoms with Gasteiger partial charge in [0.25, 0.3) is 11.1 Å². The molecule has 2 aromatic carbocycles. The molecule has 0 amide bonds. The number of aromatic nitrogens is 4. The second-order valence-electron chi connectivity index (χ2n) is 6.49. The standard InChI is InChI=1S/C21H17ClN4O2S/c1-3-10-26-20(28)15-9-8-13(22)11-17(15)24-21(26)29-12(2)18-23-16-7-5-4-6-14(16)19(27)25-18/h3-9,11-12H,1,10H2,2H3,(H,23,25,27). The lowest BCUT2D eigenvalue weighted by molar-refractivity contribution is 0.669. The fourth-order valence-corrected chi connectivity index (χ4v) is 4.21. The quantitative estimate of drug-likeness (QED) is 0.293. The van der Waals surface area contributed by atoms with Crippen molar-refractivity contribution < 1.29 is 0 Å². The van der Waals surface area contributed by atoms with Gasteiger partial charge in [0.15, 0.2) is 5.16 Å². The van der Waals surface area contributed by atoms with E-state index in [4.69, 9.17) is 11.6 Å². The summed E-state index contributed by atoms with van der Waals surface area (Å²) in [7, 11) is 0. The third kappa shape index (κ3) is 3.71. The number of benzene rings is 2. The number of nitrogens with one attached hydrogen (secondary N) is 1. The van der Waals surface area contributed by atoms with Crippen molar-refractivity contribution in [2.75, 3.05) is 0 Å². The fraction of sp³-hybridized carbons (Fsp3) is 0.143. The summed E-state index contributed by atoms with van der Waals surface area (Å²) in [5.74, 6) is 0.518. The van der Waals surface area contributed by atoms with Crippen LogP contribution in [0, 0.1) is 0 Å². The van der Waals surface area contributed by atoms with Crippen LogP contribution >= 0.6 is 23.4 Å². The molecular weight excluding hydrogens is 408 g/mol. The molecule has 0 radical (unpaired) electrons. The van der Waals surface area contributed by atoms with E-state index in [0.717, 1.165) is 0 Å². The highest BCUT2D eigenvalue weighted by atomic mass is 35.5. The van der Waals surface area contributed by atoms with Gasteiger partial charge in [-0.15, -0.1) is 6.58 Å². The number of hydrogen-bond acceptors (Lipinski definition) is 5. The van der Waals surface area contributed by atoms with E-state index >= 15 is 0 Å². The highest BCUT2D eigenvalue weighted by Gasteiger charge is 2.18. The zero-order valence-electron chi connectivity index (χ0n) is 15.6. The Morgan fingerprint density at radius 2 is 1.97 bits per heavy atom. The number of hydrogen-bond donors (Lipinski definition) is 1. The normalized spacial score (nSPS) is 12.3. The average Bonchev–Trinajstić information content (AvgIpc) is 2.70. The summed E-state index contributed by atoms with van der Waals surface area (Å²) in [6, 6.07) is 12.2. The molecule has 2 aromatic heterocycles. The van der Waals surface area contributed by atoms with Gasteiger partial charge in [-0.2, -0.15) is 0 Å². The van der Waals surface area contributed by atoms with Crippen LogP contribution < -0.4 is 11.1 Å². The Morgan fingerprint density at radius 1 is 1.17 bits per heavy atom. The van der Waals surface area contributed by atoms with Crippen molar-refractivity contribution >= 4 is 45.2 Å². The van der Waals surface area contributed by atoms with Crippen LogP contribution in [0.15, 0.2) is 69.9 Å². The van der Waals surface area contributed by atoms with Crippen LogP contribution in [0.3, 0.4) is 0 Å². The molecule has 1 unspecified atom stereocenters. The molecule has 0 fully saturated rings. The lowest BCUT2D eigenvalue weighted by Crippen LogP contribution is -2.23. The number of para-hydroxylation sites is 1. The Kier molecular flexibility index (Phi) is 5.25. The first kappa shape index (κ1) is 19.4. The molecule has 1 N–H and O–H groups in total. The summed E-state index contributed by atoms with van der Waals surface area (Å²) < 4.78 is 1.56. The molecule has 4 aromatic rings. The van der Waals surface area contributed by atoms with Crippen molar-refractivity contribution in [1.29, 1.82) is 0 Å². The Hall–Kier alpha value is -2.90. The lowest BCUT2D eigenvalue weighted by atomic mass is 10.2.